The fraction of sp³-hybridized carbons (Fsp3) is 0.750. The minimum atomic E-state index is -0.617. The molecule has 1 saturated heterocycles. The first-order chi connectivity index (χ1) is 7.97. The summed E-state index contributed by atoms with van der Waals surface area (Å²) >= 11 is 0. The second-order valence-corrected chi connectivity index (χ2v) is 4.80. The van der Waals surface area contributed by atoms with Crippen LogP contribution < -0.4 is 11.1 Å². The Kier molecular flexibility index (Phi) is 5.11. The molecule has 5 nitrogen and oxygen atoms in total. The Morgan fingerprint density at radius 1 is 1.71 bits per heavy atom. The zero-order chi connectivity index (χ0) is 12.9. The van der Waals surface area contributed by atoms with Crippen LogP contribution in [0.5, 0.6) is 0 Å². The number of carbonyl (C=O) groups excluding carboxylic acids is 1. The molecule has 1 fully saturated rings. The van der Waals surface area contributed by atoms with Gasteiger partial charge in [0.2, 0.25) is 5.91 Å². The average molecular weight is 242 g/mol. The van der Waals surface area contributed by atoms with Crippen LogP contribution in [0.2, 0.25) is 0 Å². The van der Waals surface area contributed by atoms with Crippen LogP contribution in [-0.4, -0.2) is 44.9 Å². The fourth-order valence-electron chi connectivity index (χ4n) is 1.61. The lowest BCUT2D eigenvalue weighted by Crippen LogP contribution is -2.50. The van der Waals surface area contributed by atoms with Crippen LogP contribution in [0.4, 0.5) is 0 Å². The van der Waals surface area contributed by atoms with Gasteiger partial charge in [-0.25, -0.2) is 0 Å². The standard InChI is InChI=1S/C12H22N2O3/c1-9(2)6-16-5-4-14-11(15)12(3)8-17-7-10(12)13/h10H,1,4-8,13H2,2-3H3,(H,14,15). The van der Waals surface area contributed by atoms with Gasteiger partial charge in [-0.15, -0.1) is 0 Å². The molecule has 5 heteroatoms. The van der Waals surface area contributed by atoms with Crippen molar-refractivity contribution in [3.63, 3.8) is 0 Å². The number of hydrogen-bond donors (Lipinski definition) is 2. The van der Waals surface area contributed by atoms with E-state index in [1.807, 2.05) is 13.8 Å². The van der Waals surface area contributed by atoms with E-state index in [9.17, 15) is 4.79 Å². The lowest BCUT2D eigenvalue weighted by molar-refractivity contribution is -0.130. The first-order valence-corrected chi connectivity index (χ1v) is 5.80. The molecule has 0 aromatic carbocycles. The molecule has 0 aromatic rings. The Balaban J connectivity index is 2.23. The maximum absolute atomic E-state index is 11.9. The zero-order valence-electron chi connectivity index (χ0n) is 10.6. The Labute approximate surface area is 102 Å². The van der Waals surface area contributed by atoms with E-state index < -0.39 is 5.41 Å². The van der Waals surface area contributed by atoms with Gasteiger partial charge in [0.15, 0.2) is 0 Å². The van der Waals surface area contributed by atoms with Crippen LogP contribution in [-0.2, 0) is 14.3 Å². The molecule has 1 heterocycles. The van der Waals surface area contributed by atoms with Crippen LogP contribution >= 0.6 is 0 Å². The van der Waals surface area contributed by atoms with Crippen molar-refractivity contribution in [2.75, 3.05) is 33.0 Å². The van der Waals surface area contributed by atoms with Gasteiger partial charge >= 0.3 is 0 Å². The van der Waals surface area contributed by atoms with Crippen LogP contribution in [0, 0.1) is 5.41 Å². The SMILES string of the molecule is C=C(C)COCCNC(=O)C1(C)COCC1N. The molecule has 0 bridgehead atoms. The number of nitrogens with two attached hydrogens (primary N) is 1. The Morgan fingerprint density at radius 3 is 2.94 bits per heavy atom. The van der Waals surface area contributed by atoms with E-state index in [1.165, 1.54) is 0 Å². The van der Waals surface area contributed by atoms with Gasteiger partial charge in [-0.3, -0.25) is 4.79 Å². The summed E-state index contributed by atoms with van der Waals surface area (Å²) in [6, 6.07) is -0.237. The van der Waals surface area contributed by atoms with Crippen molar-refractivity contribution in [3.05, 3.63) is 12.2 Å². The third-order valence-corrected chi connectivity index (χ3v) is 2.92. The molecule has 2 unspecified atom stereocenters. The van der Waals surface area contributed by atoms with Crippen molar-refractivity contribution in [2.45, 2.75) is 19.9 Å². The first kappa shape index (κ1) is 14.2. The molecule has 2 atom stereocenters. The highest BCUT2D eigenvalue weighted by atomic mass is 16.5. The van der Waals surface area contributed by atoms with Crippen molar-refractivity contribution >= 4 is 5.91 Å². The molecule has 17 heavy (non-hydrogen) atoms. The van der Waals surface area contributed by atoms with Gasteiger partial charge in [0.25, 0.3) is 0 Å². The molecular weight excluding hydrogens is 220 g/mol. The van der Waals surface area contributed by atoms with E-state index >= 15 is 0 Å². The number of rotatable bonds is 6. The molecule has 0 aromatic heterocycles. The molecule has 0 spiro atoms. The van der Waals surface area contributed by atoms with Crippen LogP contribution in [0.15, 0.2) is 12.2 Å². The van der Waals surface area contributed by atoms with Gasteiger partial charge in [-0.05, 0) is 13.8 Å². The summed E-state index contributed by atoms with van der Waals surface area (Å²) in [6.45, 7) is 9.76. The van der Waals surface area contributed by atoms with Crippen LogP contribution in [0.3, 0.4) is 0 Å². The molecule has 1 amide bonds. The summed E-state index contributed by atoms with van der Waals surface area (Å²) in [5.41, 5.74) is 6.21. The third kappa shape index (κ3) is 3.80. The molecular formula is C12H22N2O3. The van der Waals surface area contributed by atoms with E-state index in [1.54, 1.807) is 0 Å². The smallest absolute Gasteiger partial charge is 0.230 e. The molecule has 1 rings (SSSR count). The molecule has 98 valence electrons. The van der Waals surface area contributed by atoms with Gasteiger partial charge in [0.05, 0.1) is 31.8 Å². The highest BCUT2D eigenvalue weighted by molar-refractivity contribution is 5.83. The lowest BCUT2D eigenvalue weighted by Gasteiger charge is -2.25. The number of hydrogen-bond acceptors (Lipinski definition) is 4. The van der Waals surface area contributed by atoms with E-state index in [-0.39, 0.29) is 11.9 Å². The predicted molar refractivity (Wildman–Crippen MR) is 65.5 cm³/mol. The summed E-state index contributed by atoms with van der Waals surface area (Å²) in [7, 11) is 0. The summed E-state index contributed by atoms with van der Waals surface area (Å²) in [5.74, 6) is -0.0681. The molecule has 0 saturated carbocycles. The van der Waals surface area contributed by atoms with E-state index in [0.717, 1.165) is 5.57 Å². The lowest BCUT2D eigenvalue weighted by atomic mass is 9.85. The van der Waals surface area contributed by atoms with Crippen LogP contribution in [0.25, 0.3) is 0 Å². The minimum absolute atomic E-state index is 0.0681. The summed E-state index contributed by atoms with van der Waals surface area (Å²) in [6.07, 6.45) is 0. The van der Waals surface area contributed by atoms with Crippen LogP contribution in [0.1, 0.15) is 13.8 Å². The molecule has 1 aliphatic rings. The van der Waals surface area contributed by atoms with E-state index in [4.69, 9.17) is 15.2 Å². The van der Waals surface area contributed by atoms with E-state index in [2.05, 4.69) is 11.9 Å². The minimum Gasteiger partial charge on any atom is -0.379 e. The number of ether oxygens (including phenoxy) is 2. The molecule has 1 aliphatic heterocycles. The van der Waals surface area contributed by atoms with Crippen molar-refractivity contribution in [1.29, 1.82) is 0 Å². The van der Waals surface area contributed by atoms with Crippen molar-refractivity contribution in [3.8, 4) is 0 Å². The fourth-order valence-corrected chi connectivity index (χ4v) is 1.61. The van der Waals surface area contributed by atoms with E-state index in [0.29, 0.717) is 33.0 Å². The zero-order valence-corrected chi connectivity index (χ0v) is 10.6. The topological polar surface area (TPSA) is 73.6 Å². The van der Waals surface area contributed by atoms with Crippen molar-refractivity contribution < 1.29 is 14.3 Å². The Morgan fingerprint density at radius 2 is 2.41 bits per heavy atom. The molecule has 3 N–H and O–H groups in total. The normalized spacial score (nSPS) is 28.1. The number of nitrogens with one attached hydrogen (secondary N) is 1. The highest BCUT2D eigenvalue weighted by Gasteiger charge is 2.44. The summed E-state index contributed by atoms with van der Waals surface area (Å²) in [5, 5.41) is 2.82. The first-order valence-electron chi connectivity index (χ1n) is 5.80. The second kappa shape index (κ2) is 6.14. The van der Waals surface area contributed by atoms with Gasteiger partial charge in [0, 0.05) is 12.6 Å². The Bertz CT molecular complexity index is 293. The predicted octanol–water partition coefficient (Wildman–Crippen LogP) is 0.0591. The number of carbonyl (C=O) groups is 1. The average Bonchev–Trinajstić information content (AvgIpc) is 2.59. The maximum Gasteiger partial charge on any atom is 0.230 e. The van der Waals surface area contributed by atoms with Gasteiger partial charge in [0.1, 0.15) is 0 Å². The van der Waals surface area contributed by atoms with Crippen molar-refractivity contribution in [2.24, 2.45) is 11.1 Å². The van der Waals surface area contributed by atoms with Gasteiger partial charge < -0.3 is 20.5 Å². The molecule has 0 radical (unpaired) electrons. The Hall–Kier alpha value is -0.910. The quantitative estimate of drug-likeness (QED) is 0.510. The van der Waals surface area contributed by atoms with Crippen molar-refractivity contribution in [1.82, 2.24) is 5.32 Å². The number of amides is 1. The maximum atomic E-state index is 11.9. The third-order valence-electron chi connectivity index (χ3n) is 2.92. The van der Waals surface area contributed by atoms with Gasteiger partial charge in [-0.2, -0.15) is 0 Å². The summed E-state index contributed by atoms with van der Waals surface area (Å²) < 4.78 is 10.5. The molecule has 0 aliphatic carbocycles. The van der Waals surface area contributed by atoms with Gasteiger partial charge in [-0.1, -0.05) is 12.2 Å². The highest BCUT2D eigenvalue weighted by Crippen LogP contribution is 2.26. The second-order valence-electron chi connectivity index (χ2n) is 4.80. The summed E-state index contributed by atoms with van der Waals surface area (Å²) in [4.78, 5) is 11.9. The monoisotopic (exact) mass is 242 g/mol. The largest absolute Gasteiger partial charge is 0.379 e.